The van der Waals surface area contributed by atoms with Crippen molar-refractivity contribution in [1.82, 2.24) is 4.98 Å². The van der Waals surface area contributed by atoms with Gasteiger partial charge in [-0.1, -0.05) is 44.4 Å². The number of fused-ring (bicyclic) bond motifs is 1. The normalized spacial score (nSPS) is 26.6. The zero-order valence-corrected chi connectivity index (χ0v) is 12.8. The molecule has 2 nitrogen and oxygen atoms in total. The van der Waals surface area contributed by atoms with Crippen LogP contribution in [0.5, 0.6) is 0 Å². The molecule has 2 aromatic rings. The number of pyridine rings is 1. The van der Waals surface area contributed by atoms with E-state index in [1.165, 1.54) is 19.3 Å². The molecular formula is C17H21ClN2. The molecule has 1 aliphatic rings. The fraction of sp³-hybridized carbons (Fsp3) is 0.471. The van der Waals surface area contributed by atoms with Gasteiger partial charge < -0.3 is 5.32 Å². The van der Waals surface area contributed by atoms with Crippen molar-refractivity contribution in [3.63, 3.8) is 0 Å². The van der Waals surface area contributed by atoms with Crippen molar-refractivity contribution in [3.05, 3.63) is 35.5 Å². The molecule has 1 aromatic carbocycles. The minimum Gasteiger partial charge on any atom is -0.380 e. The van der Waals surface area contributed by atoms with E-state index in [0.29, 0.717) is 12.0 Å². The summed E-state index contributed by atoms with van der Waals surface area (Å²) < 4.78 is 0. The van der Waals surface area contributed by atoms with Gasteiger partial charge in [0, 0.05) is 22.6 Å². The smallest absolute Gasteiger partial charge is 0.0934 e. The first kappa shape index (κ1) is 13.7. The largest absolute Gasteiger partial charge is 0.380 e. The van der Waals surface area contributed by atoms with Gasteiger partial charge >= 0.3 is 0 Å². The van der Waals surface area contributed by atoms with Crippen LogP contribution in [0.4, 0.5) is 5.69 Å². The lowest BCUT2D eigenvalue weighted by Crippen LogP contribution is -2.35. The van der Waals surface area contributed by atoms with Gasteiger partial charge in [-0.15, -0.1) is 0 Å². The van der Waals surface area contributed by atoms with Gasteiger partial charge in [0.1, 0.15) is 0 Å². The summed E-state index contributed by atoms with van der Waals surface area (Å²) >= 11 is 6.24. The van der Waals surface area contributed by atoms with Crippen LogP contribution in [0, 0.1) is 11.8 Å². The number of nitrogens with one attached hydrogen (secondary N) is 1. The minimum atomic E-state index is 0.516. The predicted molar refractivity (Wildman–Crippen MR) is 86.3 cm³/mol. The lowest BCUT2D eigenvalue weighted by atomic mass is 9.78. The van der Waals surface area contributed by atoms with Gasteiger partial charge in [-0.3, -0.25) is 4.98 Å². The first-order chi connectivity index (χ1) is 9.65. The number of anilines is 1. The van der Waals surface area contributed by atoms with Gasteiger partial charge in [0.15, 0.2) is 0 Å². The van der Waals surface area contributed by atoms with E-state index in [2.05, 4.69) is 30.2 Å². The van der Waals surface area contributed by atoms with E-state index in [4.69, 9.17) is 11.6 Å². The molecular weight excluding hydrogens is 268 g/mol. The van der Waals surface area contributed by atoms with Crippen LogP contribution in [-0.4, -0.2) is 11.0 Å². The summed E-state index contributed by atoms with van der Waals surface area (Å²) in [6.07, 6.45) is 5.71. The Morgan fingerprint density at radius 2 is 2.10 bits per heavy atom. The van der Waals surface area contributed by atoms with Crippen LogP contribution in [0.2, 0.25) is 5.02 Å². The quantitative estimate of drug-likeness (QED) is 0.829. The SMILES string of the molecule is CC1CCCC(Nc2cc(Cl)cc3cccnc23)C1C. The molecule has 1 saturated carbocycles. The van der Waals surface area contributed by atoms with E-state index in [0.717, 1.165) is 27.5 Å². The van der Waals surface area contributed by atoms with Crippen LogP contribution in [0.3, 0.4) is 0 Å². The fourth-order valence-electron chi connectivity index (χ4n) is 3.25. The Labute approximate surface area is 125 Å². The fourth-order valence-corrected chi connectivity index (χ4v) is 3.48. The number of rotatable bonds is 2. The Balaban J connectivity index is 1.94. The highest BCUT2D eigenvalue weighted by molar-refractivity contribution is 6.31. The van der Waals surface area contributed by atoms with Gasteiger partial charge in [0.25, 0.3) is 0 Å². The molecule has 0 aliphatic heterocycles. The molecule has 3 heteroatoms. The number of nitrogens with zero attached hydrogens (tertiary/aromatic N) is 1. The predicted octanol–water partition coefficient (Wildman–Crippen LogP) is 5.12. The van der Waals surface area contributed by atoms with E-state index in [1.807, 2.05) is 24.4 Å². The van der Waals surface area contributed by atoms with Crippen molar-refractivity contribution < 1.29 is 0 Å². The van der Waals surface area contributed by atoms with E-state index >= 15 is 0 Å². The highest BCUT2D eigenvalue weighted by atomic mass is 35.5. The highest BCUT2D eigenvalue weighted by Gasteiger charge is 2.27. The molecule has 0 saturated heterocycles. The maximum atomic E-state index is 6.24. The lowest BCUT2D eigenvalue weighted by molar-refractivity contribution is 0.253. The second kappa shape index (κ2) is 5.61. The van der Waals surface area contributed by atoms with Crippen molar-refractivity contribution >= 4 is 28.2 Å². The third kappa shape index (κ3) is 2.62. The molecule has 0 spiro atoms. The number of hydrogen-bond donors (Lipinski definition) is 1. The van der Waals surface area contributed by atoms with E-state index < -0.39 is 0 Å². The summed E-state index contributed by atoms with van der Waals surface area (Å²) in [4.78, 5) is 4.51. The molecule has 1 heterocycles. The van der Waals surface area contributed by atoms with E-state index in [1.54, 1.807) is 0 Å². The average Bonchev–Trinajstić information content (AvgIpc) is 2.43. The van der Waals surface area contributed by atoms with Gasteiger partial charge in [-0.25, -0.2) is 0 Å². The molecule has 0 bridgehead atoms. The van der Waals surface area contributed by atoms with Crippen LogP contribution in [0.15, 0.2) is 30.5 Å². The number of hydrogen-bond acceptors (Lipinski definition) is 2. The first-order valence-corrected chi connectivity index (χ1v) is 7.84. The van der Waals surface area contributed by atoms with Crippen molar-refractivity contribution in [3.8, 4) is 0 Å². The summed E-state index contributed by atoms with van der Waals surface area (Å²) in [5.74, 6) is 1.46. The highest BCUT2D eigenvalue weighted by Crippen LogP contribution is 2.34. The molecule has 3 unspecified atom stereocenters. The first-order valence-electron chi connectivity index (χ1n) is 7.46. The molecule has 0 radical (unpaired) electrons. The third-order valence-electron chi connectivity index (χ3n) is 4.72. The zero-order valence-electron chi connectivity index (χ0n) is 12.1. The lowest BCUT2D eigenvalue weighted by Gasteiger charge is -2.35. The standard InChI is InChI=1S/C17H21ClN2/c1-11-5-3-7-15(12(11)2)20-16-10-14(18)9-13-6-4-8-19-17(13)16/h4,6,8-12,15,20H,3,5,7H2,1-2H3. The van der Waals surface area contributed by atoms with Gasteiger partial charge in [0.05, 0.1) is 11.2 Å². The Kier molecular flexibility index (Phi) is 3.84. The Hall–Kier alpha value is -1.28. The van der Waals surface area contributed by atoms with Crippen molar-refractivity contribution in [1.29, 1.82) is 0 Å². The Morgan fingerprint density at radius 3 is 2.95 bits per heavy atom. The molecule has 1 N–H and O–H groups in total. The molecule has 1 aliphatic carbocycles. The minimum absolute atomic E-state index is 0.516. The van der Waals surface area contributed by atoms with Crippen LogP contribution in [0.25, 0.3) is 10.9 Å². The Morgan fingerprint density at radius 1 is 1.25 bits per heavy atom. The molecule has 1 aromatic heterocycles. The molecule has 20 heavy (non-hydrogen) atoms. The van der Waals surface area contributed by atoms with Crippen LogP contribution in [-0.2, 0) is 0 Å². The monoisotopic (exact) mass is 288 g/mol. The van der Waals surface area contributed by atoms with Crippen molar-refractivity contribution in [2.75, 3.05) is 5.32 Å². The molecule has 0 amide bonds. The Bertz CT molecular complexity index is 611. The number of benzene rings is 1. The maximum absolute atomic E-state index is 6.24. The molecule has 3 rings (SSSR count). The van der Waals surface area contributed by atoms with Crippen LogP contribution < -0.4 is 5.32 Å². The van der Waals surface area contributed by atoms with E-state index in [-0.39, 0.29) is 0 Å². The summed E-state index contributed by atoms with van der Waals surface area (Å²) in [7, 11) is 0. The topological polar surface area (TPSA) is 24.9 Å². The third-order valence-corrected chi connectivity index (χ3v) is 4.94. The molecule has 3 atom stereocenters. The summed E-state index contributed by atoms with van der Waals surface area (Å²) in [5.41, 5.74) is 2.08. The van der Waals surface area contributed by atoms with Gasteiger partial charge in [-0.05, 0) is 36.5 Å². The summed E-state index contributed by atoms with van der Waals surface area (Å²) in [6.45, 7) is 4.70. The summed E-state index contributed by atoms with van der Waals surface area (Å²) in [6, 6.07) is 8.51. The zero-order chi connectivity index (χ0) is 14.1. The second-order valence-electron chi connectivity index (χ2n) is 6.05. The van der Waals surface area contributed by atoms with E-state index in [9.17, 15) is 0 Å². The maximum Gasteiger partial charge on any atom is 0.0934 e. The van der Waals surface area contributed by atoms with Crippen LogP contribution in [0.1, 0.15) is 33.1 Å². The number of halogens is 1. The second-order valence-corrected chi connectivity index (χ2v) is 6.48. The summed E-state index contributed by atoms with van der Waals surface area (Å²) in [5, 5.41) is 5.56. The number of aromatic nitrogens is 1. The molecule has 106 valence electrons. The van der Waals surface area contributed by atoms with Gasteiger partial charge in [0.2, 0.25) is 0 Å². The van der Waals surface area contributed by atoms with Crippen molar-refractivity contribution in [2.24, 2.45) is 11.8 Å². The van der Waals surface area contributed by atoms with Crippen LogP contribution >= 0.6 is 11.6 Å². The molecule has 1 fully saturated rings. The van der Waals surface area contributed by atoms with Crippen molar-refractivity contribution in [2.45, 2.75) is 39.2 Å². The average molecular weight is 289 g/mol. The van der Waals surface area contributed by atoms with Gasteiger partial charge in [-0.2, -0.15) is 0 Å².